The molecule has 0 radical (unpaired) electrons. The van der Waals surface area contributed by atoms with Gasteiger partial charge >= 0.3 is 5.97 Å². The fourth-order valence-corrected chi connectivity index (χ4v) is 1.19. The zero-order chi connectivity index (χ0) is 10.1. The summed E-state index contributed by atoms with van der Waals surface area (Å²) in [6, 6.07) is 5.42. The number of carbonyl (C=O) groups is 1. The van der Waals surface area contributed by atoms with Crippen molar-refractivity contribution in [1.29, 1.82) is 0 Å². The Bertz CT molecular complexity index is 510. The lowest BCUT2D eigenvalue weighted by Crippen LogP contribution is -2.06. The highest BCUT2D eigenvalue weighted by Crippen LogP contribution is 2.12. The highest BCUT2D eigenvalue weighted by Gasteiger charge is 2.09. The minimum atomic E-state index is -1.16. The van der Waals surface area contributed by atoms with Gasteiger partial charge in [0.15, 0.2) is 0 Å². The van der Waals surface area contributed by atoms with Crippen molar-refractivity contribution in [3.63, 3.8) is 0 Å². The van der Waals surface area contributed by atoms with Gasteiger partial charge in [0, 0.05) is 0 Å². The molecule has 0 saturated heterocycles. The summed E-state index contributed by atoms with van der Waals surface area (Å²) in [5, 5.41) is 15.9. The lowest BCUT2D eigenvalue weighted by molar-refractivity contribution is 0.0682. The molecule has 0 fully saturated rings. The number of aryl methyl sites for hydroxylation is 1. The molecule has 5 heteroatoms. The Labute approximate surface area is 79.4 Å². The highest BCUT2D eigenvalue weighted by atomic mass is 16.4. The molecule has 1 N–H and O–H groups in total. The fraction of sp³-hybridized carbons (Fsp3) is 0.111. The third-order valence-corrected chi connectivity index (χ3v) is 1.88. The van der Waals surface area contributed by atoms with E-state index in [1.807, 2.05) is 19.1 Å². The standard InChI is InChI=1S/C9H7N3O2/c1-5-3-2-4-6-7(5)10-8(9(13)14)12-11-6/h2-4H,1H3,(H,13,14). The van der Waals surface area contributed by atoms with E-state index in [0.29, 0.717) is 11.0 Å². The second-order valence-corrected chi connectivity index (χ2v) is 2.88. The van der Waals surface area contributed by atoms with Crippen molar-refractivity contribution in [2.45, 2.75) is 6.92 Å². The fourth-order valence-electron chi connectivity index (χ4n) is 1.19. The van der Waals surface area contributed by atoms with Gasteiger partial charge in [-0.05, 0) is 18.6 Å². The van der Waals surface area contributed by atoms with Gasteiger partial charge in [0.2, 0.25) is 0 Å². The van der Waals surface area contributed by atoms with Gasteiger partial charge < -0.3 is 5.11 Å². The maximum Gasteiger partial charge on any atom is 0.375 e. The molecule has 2 aromatic rings. The van der Waals surface area contributed by atoms with Crippen LogP contribution in [0.5, 0.6) is 0 Å². The lowest BCUT2D eigenvalue weighted by atomic mass is 10.2. The smallest absolute Gasteiger partial charge is 0.375 e. The van der Waals surface area contributed by atoms with Crippen molar-refractivity contribution < 1.29 is 9.90 Å². The number of carboxylic acid groups (broad SMARTS) is 1. The predicted octanol–water partition coefficient (Wildman–Crippen LogP) is 1.03. The predicted molar refractivity (Wildman–Crippen MR) is 49.0 cm³/mol. The maximum atomic E-state index is 10.6. The maximum absolute atomic E-state index is 10.6. The van der Waals surface area contributed by atoms with Crippen molar-refractivity contribution >= 4 is 17.0 Å². The van der Waals surface area contributed by atoms with Gasteiger partial charge in [-0.3, -0.25) is 0 Å². The summed E-state index contributed by atoms with van der Waals surface area (Å²) in [5.41, 5.74) is 2.08. The van der Waals surface area contributed by atoms with Crippen LogP contribution in [0.15, 0.2) is 18.2 Å². The molecule has 0 spiro atoms. The molecule has 0 bridgehead atoms. The number of rotatable bonds is 1. The number of fused-ring (bicyclic) bond motifs is 1. The average molecular weight is 189 g/mol. The van der Waals surface area contributed by atoms with Crippen LogP contribution in [0, 0.1) is 6.92 Å². The van der Waals surface area contributed by atoms with Crippen LogP contribution >= 0.6 is 0 Å². The zero-order valence-electron chi connectivity index (χ0n) is 7.43. The van der Waals surface area contributed by atoms with Gasteiger partial charge in [0.25, 0.3) is 5.82 Å². The van der Waals surface area contributed by atoms with Crippen LogP contribution in [-0.4, -0.2) is 26.3 Å². The summed E-state index contributed by atoms with van der Waals surface area (Å²) >= 11 is 0. The Morgan fingerprint density at radius 1 is 1.36 bits per heavy atom. The van der Waals surface area contributed by atoms with Crippen molar-refractivity contribution in [2.75, 3.05) is 0 Å². The number of para-hydroxylation sites is 1. The number of hydrogen-bond donors (Lipinski definition) is 1. The van der Waals surface area contributed by atoms with E-state index in [0.717, 1.165) is 5.56 Å². The topological polar surface area (TPSA) is 76.0 Å². The minimum Gasteiger partial charge on any atom is -0.475 e. The number of hydrogen-bond acceptors (Lipinski definition) is 4. The van der Waals surface area contributed by atoms with E-state index in [4.69, 9.17) is 5.11 Å². The van der Waals surface area contributed by atoms with Crippen LogP contribution in [0.4, 0.5) is 0 Å². The van der Waals surface area contributed by atoms with Gasteiger partial charge in [-0.2, -0.15) is 0 Å². The Hall–Kier alpha value is -2.04. The molecule has 70 valence electrons. The summed E-state index contributed by atoms with van der Waals surface area (Å²) in [6.45, 7) is 1.85. The van der Waals surface area contributed by atoms with Crippen molar-refractivity contribution in [3.05, 3.63) is 29.6 Å². The molecule has 1 aromatic heterocycles. The van der Waals surface area contributed by atoms with Crippen molar-refractivity contribution in [3.8, 4) is 0 Å². The van der Waals surface area contributed by atoms with Crippen LogP contribution < -0.4 is 0 Å². The van der Waals surface area contributed by atoms with E-state index >= 15 is 0 Å². The molecule has 0 unspecified atom stereocenters. The SMILES string of the molecule is Cc1cccc2nnc(C(=O)O)nc12. The van der Waals surface area contributed by atoms with Gasteiger partial charge in [0.05, 0.1) is 5.52 Å². The van der Waals surface area contributed by atoms with E-state index in [9.17, 15) is 4.79 Å². The first-order valence-electron chi connectivity index (χ1n) is 4.02. The Morgan fingerprint density at radius 3 is 2.86 bits per heavy atom. The number of nitrogens with zero attached hydrogens (tertiary/aromatic N) is 3. The average Bonchev–Trinajstić information content (AvgIpc) is 2.18. The zero-order valence-corrected chi connectivity index (χ0v) is 7.43. The van der Waals surface area contributed by atoms with Gasteiger partial charge in [-0.25, -0.2) is 9.78 Å². The van der Waals surface area contributed by atoms with Crippen LogP contribution in [0.1, 0.15) is 16.2 Å². The summed E-state index contributed by atoms with van der Waals surface area (Å²) in [4.78, 5) is 14.5. The second kappa shape index (κ2) is 3.02. The summed E-state index contributed by atoms with van der Waals surface area (Å²) in [6.07, 6.45) is 0. The summed E-state index contributed by atoms with van der Waals surface area (Å²) in [5.74, 6) is -1.44. The highest BCUT2D eigenvalue weighted by molar-refractivity contribution is 5.86. The quantitative estimate of drug-likeness (QED) is 0.725. The molecule has 0 aliphatic rings. The first-order chi connectivity index (χ1) is 6.68. The molecule has 2 rings (SSSR count). The largest absolute Gasteiger partial charge is 0.475 e. The molecule has 0 aliphatic carbocycles. The molecular weight excluding hydrogens is 182 g/mol. The van der Waals surface area contributed by atoms with Crippen LogP contribution in [0.2, 0.25) is 0 Å². The van der Waals surface area contributed by atoms with Gasteiger partial charge in [0.1, 0.15) is 5.52 Å². The monoisotopic (exact) mass is 189 g/mol. The molecule has 0 atom stereocenters. The third kappa shape index (κ3) is 1.28. The first-order valence-corrected chi connectivity index (χ1v) is 4.02. The van der Waals surface area contributed by atoms with Crippen molar-refractivity contribution in [2.24, 2.45) is 0 Å². The Kier molecular flexibility index (Phi) is 1.85. The summed E-state index contributed by atoms with van der Waals surface area (Å²) in [7, 11) is 0. The second-order valence-electron chi connectivity index (χ2n) is 2.88. The van der Waals surface area contributed by atoms with E-state index < -0.39 is 5.97 Å². The number of carboxylic acids is 1. The molecule has 1 aromatic carbocycles. The van der Waals surface area contributed by atoms with Crippen LogP contribution in [-0.2, 0) is 0 Å². The van der Waals surface area contributed by atoms with Gasteiger partial charge in [-0.1, -0.05) is 12.1 Å². The van der Waals surface area contributed by atoms with E-state index in [2.05, 4.69) is 15.2 Å². The lowest BCUT2D eigenvalue weighted by Gasteiger charge is -1.99. The van der Waals surface area contributed by atoms with E-state index in [-0.39, 0.29) is 5.82 Å². The molecule has 0 amide bonds. The number of aromatic nitrogens is 3. The molecule has 14 heavy (non-hydrogen) atoms. The molecular formula is C9H7N3O2. The molecule has 5 nitrogen and oxygen atoms in total. The Balaban J connectivity index is 2.76. The van der Waals surface area contributed by atoms with Crippen LogP contribution in [0.3, 0.4) is 0 Å². The van der Waals surface area contributed by atoms with Gasteiger partial charge in [-0.15, -0.1) is 10.2 Å². The van der Waals surface area contributed by atoms with E-state index in [1.165, 1.54) is 0 Å². The summed E-state index contributed by atoms with van der Waals surface area (Å²) < 4.78 is 0. The number of benzene rings is 1. The van der Waals surface area contributed by atoms with Crippen molar-refractivity contribution in [1.82, 2.24) is 15.2 Å². The van der Waals surface area contributed by atoms with Crippen LogP contribution in [0.25, 0.3) is 11.0 Å². The Morgan fingerprint density at radius 2 is 2.14 bits per heavy atom. The number of aromatic carboxylic acids is 1. The minimum absolute atomic E-state index is 0.271. The molecule has 1 heterocycles. The molecule has 0 aliphatic heterocycles. The first kappa shape index (κ1) is 8.55. The third-order valence-electron chi connectivity index (χ3n) is 1.88. The molecule has 0 saturated carbocycles. The van der Waals surface area contributed by atoms with E-state index in [1.54, 1.807) is 6.07 Å². The normalized spacial score (nSPS) is 10.4.